The van der Waals surface area contributed by atoms with Gasteiger partial charge in [-0.1, -0.05) is 22.0 Å². The Hall–Kier alpha value is -0.920. The lowest BCUT2D eigenvalue weighted by Crippen LogP contribution is -2.42. The van der Waals surface area contributed by atoms with Crippen molar-refractivity contribution in [1.29, 1.82) is 0 Å². The number of carbonyl (C=O) groups is 1. The zero-order valence-corrected chi connectivity index (χ0v) is 14.5. The van der Waals surface area contributed by atoms with Crippen LogP contribution in [0.25, 0.3) is 0 Å². The van der Waals surface area contributed by atoms with Crippen LogP contribution in [0.4, 0.5) is 0 Å². The molecule has 0 atom stereocenters. The quantitative estimate of drug-likeness (QED) is 0.812. The molecule has 7 heteroatoms. The average molecular weight is 375 g/mol. The second kappa shape index (κ2) is 6.46. The van der Waals surface area contributed by atoms with E-state index in [-0.39, 0.29) is 16.7 Å². The summed E-state index contributed by atoms with van der Waals surface area (Å²) < 4.78 is 27.3. The first-order valence-corrected chi connectivity index (χ1v) is 9.02. The third-order valence-corrected chi connectivity index (χ3v) is 6.07. The van der Waals surface area contributed by atoms with E-state index in [4.69, 9.17) is 0 Å². The smallest absolute Gasteiger partial charge is 0.243 e. The Morgan fingerprint density at radius 2 is 1.90 bits per heavy atom. The predicted octanol–water partition coefficient (Wildman–Crippen LogP) is 1.94. The number of amides is 1. The first-order chi connectivity index (χ1) is 9.82. The van der Waals surface area contributed by atoms with Crippen molar-refractivity contribution in [2.24, 2.45) is 5.92 Å². The van der Waals surface area contributed by atoms with E-state index in [1.807, 2.05) is 0 Å². The van der Waals surface area contributed by atoms with Gasteiger partial charge >= 0.3 is 0 Å². The van der Waals surface area contributed by atoms with E-state index in [9.17, 15) is 13.2 Å². The zero-order valence-electron chi connectivity index (χ0n) is 12.1. The molecule has 1 aromatic carbocycles. The predicted molar refractivity (Wildman–Crippen MR) is 84.3 cm³/mol. The van der Waals surface area contributed by atoms with E-state index < -0.39 is 10.0 Å². The van der Waals surface area contributed by atoms with Crippen molar-refractivity contribution in [1.82, 2.24) is 9.21 Å². The second-order valence-electron chi connectivity index (χ2n) is 5.37. The van der Waals surface area contributed by atoms with Crippen molar-refractivity contribution in [2.75, 3.05) is 27.2 Å². The van der Waals surface area contributed by atoms with E-state index in [0.717, 1.165) is 4.47 Å². The summed E-state index contributed by atoms with van der Waals surface area (Å²) in [6, 6.07) is 6.70. The number of halogens is 1. The summed E-state index contributed by atoms with van der Waals surface area (Å²) in [6.45, 7) is 0.776. The molecule has 116 valence electrons. The molecule has 5 nitrogen and oxygen atoms in total. The van der Waals surface area contributed by atoms with Gasteiger partial charge in [0.25, 0.3) is 0 Å². The summed E-state index contributed by atoms with van der Waals surface area (Å²) in [6.07, 6.45) is 1.15. The van der Waals surface area contributed by atoms with Gasteiger partial charge in [0.1, 0.15) is 0 Å². The topological polar surface area (TPSA) is 57.7 Å². The fourth-order valence-corrected chi connectivity index (χ4v) is 4.55. The van der Waals surface area contributed by atoms with E-state index in [2.05, 4.69) is 15.9 Å². The van der Waals surface area contributed by atoms with Gasteiger partial charge in [0.05, 0.1) is 4.90 Å². The highest BCUT2D eigenvalue weighted by Crippen LogP contribution is 2.26. The molecule has 1 aliphatic heterocycles. The molecule has 0 aliphatic carbocycles. The Balaban J connectivity index is 2.10. The molecule has 1 saturated heterocycles. The summed E-state index contributed by atoms with van der Waals surface area (Å²) in [5.74, 6) is 0.00321. The van der Waals surface area contributed by atoms with Gasteiger partial charge in [-0.3, -0.25) is 4.79 Å². The van der Waals surface area contributed by atoms with Crippen LogP contribution >= 0.6 is 15.9 Å². The summed E-state index contributed by atoms with van der Waals surface area (Å²) in [7, 11) is -0.0173. The largest absolute Gasteiger partial charge is 0.349 e. The van der Waals surface area contributed by atoms with Crippen LogP contribution in [0.3, 0.4) is 0 Å². The third-order valence-electron chi connectivity index (χ3n) is 3.68. The first-order valence-electron chi connectivity index (χ1n) is 6.79. The molecule has 0 spiro atoms. The Morgan fingerprint density at radius 3 is 2.43 bits per heavy atom. The number of benzene rings is 1. The minimum atomic E-state index is -3.48. The Morgan fingerprint density at radius 1 is 1.29 bits per heavy atom. The van der Waals surface area contributed by atoms with E-state index >= 15 is 0 Å². The van der Waals surface area contributed by atoms with Gasteiger partial charge in [0.15, 0.2) is 0 Å². The fourth-order valence-electron chi connectivity index (χ4n) is 2.48. The van der Waals surface area contributed by atoms with Crippen LogP contribution < -0.4 is 0 Å². The van der Waals surface area contributed by atoms with Crippen LogP contribution in [0.5, 0.6) is 0 Å². The van der Waals surface area contributed by atoms with Crippen LogP contribution in [0.2, 0.25) is 0 Å². The van der Waals surface area contributed by atoms with Crippen LogP contribution in [-0.2, 0) is 14.8 Å². The Labute approximate surface area is 134 Å². The number of piperidine rings is 1. The summed E-state index contributed by atoms with van der Waals surface area (Å²) >= 11 is 3.29. The minimum Gasteiger partial charge on any atom is -0.349 e. The lowest BCUT2D eigenvalue weighted by Gasteiger charge is -2.31. The molecular formula is C14H19BrN2O3S. The first kappa shape index (κ1) is 16.5. The molecule has 1 amide bonds. The molecule has 1 aliphatic rings. The van der Waals surface area contributed by atoms with Crippen molar-refractivity contribution in [2.45, 2.75) is 17.7 Å². The fraction of sp³-hybridized carbons (Fsp3) is 0.500. The van der Waals surface area contributed by atoms with Crippen LogP contribution in [-0.4, -0.2) is 50.7 Å². The lowest BCUT2D eigenvalue weighted by atomic mass is 9.97. The molecule has 2 rings (SSSR count). The maximum Gasteiger partial charge on any atom is 0.243 e. The van der Waals surface area contributed by atoms with E-state index in [1.165, 1.54) is 4.31 Å². The molecule has 21 heavy (non-hydrogen) atoms. The normalized spacial score (nSPS) is 17.7. The number of hydrogen-bond donors (Lipinski definition) is 0. The number of sulfonamides is 1. The summed E-state index contributed by atoms with van der Waals surface area (Å²) in [5.41, 5.74) is 0. The Bertz CT molecular complexity index is 623. The van der Waals surface area contributed by atoms with Gasteiger partial charge in [-0.2, -0.15) is 4.31 Å². The van der Waals surface area contributed by atoms with Gasteiger partial charge in [-0.05, 0) is 31.0 Å². The van der Waals surface area contributed by atoms with Gasteiger partial charge in [0, 0.05) is 37.6 Å². The highest BCUT2D eigenvalue weighted by molar-refractivity contribution is 9.10. The summed E-state index contributed by atoms with van der Waals surface area (Å²) in [4.78, 5) is 13.8. The molecule has 0 aromatic heterocycles. The van der Waals surface area contributed by atoms with Gasteiger partial charge in [0.2, 0.25) is 15.9 Å². The maximum absolute atomic E-state index is 12.6. The highest BCUT2D eigenvalue weighted by Gasteiger charge is 2.32. The number of rotatable bonds is 3. The molecule has 1 fully saturated rings. The maximum atomic E-state index is 12.6. The van der Waals surface area contributed by atoms with Crippen molar-refractivity contribution >= 4 is 31.9 Å². The molecule has 1 heterocycles. The van der Waals surface area contributed by atoms with E-state index in [1.54, 1.807) is 43.3 Å². The standard InChI is InChI=1S/C14H19BrN2O3S/c1-16(2)14(18)11-6-8-17(9-7-11)21(19,20)13-5-3-4-12(15)10-13/h3-5,10-11H,6-9H2,1-2H3. The van der Waals surface area contributed by atoms with Gasteiger partial charge in [-0.15, -0.1) is 0 Å². The molecule has 0 N–H and O–H groups in total. The highest BCUT2D eigenvalue weighted by atomic mass is 79.9. The lowest BCUT2D eigenvalue weighted by molar-refractivity contribution is -0.134. The number of hydrogen-bond acceptors (Lipinski definition) is 3. The van der Waals surface area contributed by atoms with Crippen LogP contribution in [0.15, 0.2) is 33.6 Å². The van der Waals surface area contributed by atoms with Crippen molar-refractivity contribution in [3.63, 3.8) is 0 Å². The third kappa shape index (κ3) is 3.64. The van der Waals surface area contributed by atoms with Crippen molar-refractivity contribution in [3.05, 3.63) is 28.7 Å². The average Bonchev–Trinajstić information content (AvgIpc) is 2.46. The van der Waals surface area contributed by atoms with E-state index in [0.29, 0.717) is 25.9 Å². The van der Waals surface area contributed by atoms with Crippen LogP contribution in [0.1, 0.15) is 12.8 Å². The monoisotopic (exact) mass is 374 g/mol. The molecule has 1 aromatic rings. The van der Waals surface area contributed by atoms with Gasteiger partial charge < -0.3 is 4.90 Å². The molecule has 0 bridgehead atoms. The second-order valence-corrected chi connectivity index (χ2v) is 8.22. The minimum absolute atomic E-state index is 0.0750. The molecule has 0 unspecified atom stereocenters. The SMILES string of the molecule is CN(C)C(=O)C1CCN(S(=O)(=O)c2cccc(Br)c2)CC1. The van der Waals surface area contributed by atoms with Crippen molar-refractivity contribution in [3.8, 4) is 0 Å². The molecule has 0 saturated carbocycles. The zero-order chi connectivity index (χ0) is 15.6. The molecular weight excluding hydrogens is 356 g/mol. The molecule has 0 radical (unpaired) electrons. The number of nitrogens with zero attached hydrogens (tertiary/aromatic N) is 2. The summed E-state index contributed by atoms with van der Waals surface area (Å²) in [5, 5.41) is 0. The Kier molecular flexibility index (Phi) is 5.06. The van der Waals surface area contributed by atoms with Crippen molar-refractivity contribution < 1.29 is 13.2 Å². The van der Waals surface area contributed by atoms with Crippen LogP contribution in [0, 0.1) is 5.92 Å². The number of carbonyl (C=O) groups excluding carboxylic acids is 1. The van der Waals surface area contributed by atoms with Gasteiger partial charge in [-0.25, -0.2) is 8.42 Å².